The zero-order valence-electron chi connectivity index (χ0n) is 12.3. The number of unbranched alkanes of at least 4 members (excludes halogenated alkanes) is 1. The largest absolute Gasteiger partial charge is 0.198 e. The van der Waals surface area contributed by atoms with E-state index in [2.05, 4.69) is 24.3 Å². The minimum atomic E-state index is -0.687. The Balaban J connectivity index is 2.24. The first-order valence-corrected chi connectivity index (χ1v) is 7.47. The van der Waals surface area contributed by atoms with Crippen LogP contribution in [0.15, 0.2) is 48.5 Å². The molecule has 2 nitrogen and oxygen atoms in total. The van der Waals surface area contributed by atoms with Gasteiger partial charge in [0, 0.05) is 6.42 Å². The highest BCUT2D eigenvalue weighted by molar-refractivity contribution is 5.78. The molecule has 0 heterocycles. The van der Waals surface area contributed by atoms with Gasteiger partial charge < -0.3 is 0 Å². The minimum absolute atomic E-state index is 0.473. The van der Waals surface area contributed by atoms with Gasteiger partial charge in [0.2, 0.25) is 0 Å². The van der Waals surface area contributed by atoms with Crippen LogP contribution in [0.3, 0.4) is 0 Å². The summed E-state index contributed by atoms with van der Waals surface area (Å²) in [7, 11) is 0. The molecule has 106 valence electrons. The van der Waals surface area contributed by atoms with Crippen LogP contribution in [-0.4, -0.2) is 0 Å². The normalized spacial score (nSPS) is 14.1. The lowest BCUT2D eigenvalue weighted by Crippen LogP contribution is -2.27. The van der Waals surface area contributed by atoms with Crippen molar-refractivity contribution in [3.8, 4) is 12.1 Å². The van der Waals surface area contributed by atoms with Crippen molar-refractivity contribution in [2.45, 2.75) is 24.7 Å². The molecular formula is C20H16N2. The summed E-state index contributed by atoms with van der Waals surface area (Å²) in [5, 5.41) is 19.0. The maximum absolute atomic E-state index is 10.1. The molecule has 2 aromatic rings. The van der Waals surface area contributed by atoms with Crippen molar-refractivity contribution in [1.82, 2.24) is 0 Å². The molecule has 22 heavy (non-hydrogen) atoms. The summed E-state index contributed by atoms with van der Waals surface area (Å²) in [6, 6.07) is 20.9. The maximum atomic E-state index is 10.1. The van der Waals surface area contributed by atoms with Gasteiger partial charge in [-0.15, -0.1) is 0 Å². The van der Waals surface area contributed by atoms with E-state index in [4.69, 9.17) is 5.26 Å². The second kappa shape index (κ2) is 5.88. The molecule has 1 aliphatic carbocycles. The molecule has 0 fully saturated rings. The van der Waals surface area contributed by atoms with Gasteiger partial charge in [-0.05, 0) is 35.1 Å². The first-order valence-electron chi connectivity index (χ1n) is 7.47. The molecule has 0 saturated heterocycles. The predicted octanol–water partition coefficient (Wildman–Crippen LogP) is 4.67. The Morgan fingerprint density at radius 2 is 1.36 bits per heavy atom. The monoisotopic (exact) mass is 284 g/mol. The Morgan fingerprint density at radius 1 is 0.818 bits per heavy atom. The molecule has 1 aliphatic rings. The molecule has 0 spiro atoms. The second-order valence-electron chi connectivity index (χ2n) is 5.54. The summed E-state index contributed by atoms with van der Waals surface area (Å²) >= 11 is 0. The molecule has 0 aromatic heterocycles. The molecule has 0 radical (unpaired) electrons. The summed E-state index contributed by atoms with van der Waals surface area (Å²) < 4.78 is 0. The van der Waals surface area contributed by atoms with E-state index in [-0.39, 0.29) is 0 Å². The number of hydrogen-bond donors (Lipinski definition) is 0. The molecule has 2 aromatic carbocycles. The van der Waals surface area contributed by atoms with Crippen molar-refractivity contribution in [2.75, 3.05) is 0 Å². The minimum Gasteiger partial charge on any atom is -0.198 e. The molecule has 0 bridgehead atoms. The Kier molecular flexibility index (Phi) is 3.77. The summed E-state index contributed by atoms with van der Waals surface area (Å²) in [6.45, 7) is 0. The average Bonchev–Trinajstić information content (AvgIpc) is 2.71. The Hall–Kier alpha value is -2.84. The van der Waals surface area contributed by atoms with E-state index >= 15 is 0 Å². The number of benzene rings is 2. The van der Waals surface area contributed by atoms with Crippen LogP contribution in [0.1, 0.15) is 41.5 Å². The van der Waals surface area contributed by atoms with Gasteiger partial charge in [-0.2, -0.15) is 10.5 Å². The fraction of sp³-hybridized carbons (Fsp3) is 0.200. The third-order valence-corrected chi connectivity index (χ3v) is 4.31. The SMILES string of the molecule is N#CCCCC1(C#N)c2ccccc2C=Cc2ccccc21. The lowest BCUT2D eigenvalue weighted by molar-refractivity contribution is 0.566. The van der Waals surface area contributed by atoms with Crippen molar-refractivity contribution < 1.29 is 0 Å². The third kappa shape index (κ3) is 2.20. The molecule has 0 N–H and O–H groups in total. The second-order valence-corrected chi connectivity index (χ2v) is 5.54. The van der Waals surface area contributed by atoms with E-state index in [9.17, 15) is 5.26 Å². The van der Waals surface area contributed by atoms with Crippen LogP contribution in [0.25, 0.3) is 12.2 Å². The third-order valence-electron chi connectivity index (χ3n) is 4.31. The van der Waals surface area contributed by atoms with Gasteiger partial charge >= 0.3 is 0 Å². The molecule has 0 saturated carbocycles. The van der Waals surface area contributed by atoms with Gasteiger partial charge in [0.25, 0.3) is 0 Å². The fourth-order valence-corrected chi connectivity index (χ4v) is 3.26. The lowest BCUT2D eigenvalue weighted by atomic mass is 9.70. The van der Waals surface area contributed by atoms with Crippen molar-refractivity contribution in [3.63, 3.8) is 0 Å². The topological polar surface area (TPSA) is 47.6 Å². The van der Waals surface area contributed by atoms with E-state index < -0.39 is 5.41 Å². The van der Waals surface area contributed by atoms with E-state index in [0.717, 1.165) is 22.3 Å². The highest BCUT2D eigenvalue weighted by Gasteiger charge is 2.37. The molecule has 3 rings (SSSR count). The Morgan fingerprint density at radius 3 is 1.86 bits per heavy atom. The van der Waals surface area contributed by atoms with Gasteiger partial charge in [-0.25, -0.2) is 0 Å². The quantitative estimate of drug-likeness (QED) is 0.769. The van der Waals surface area contributed by atoms with Crippen LogP contribution in [-0.2, 0) is 5.41 Å². The van der Waals surface area contributed by atoms with Crippen LogP contribution < -0.4 is 0 Å². The smallest absolute Gasteiger partial charge is 0.108 e. The summed E-state index contributed by atoms with van der Waals surface area (Å²) in [5.41, 5.74) is 3.55. The summed E-state index contributed by atoms with van der Waals surface area (Å²) in [5.74, 6) is 0. The number of hydrogen-bond acceptors (Lipinski definition) is 2. The van der Waals surface area contributed by atoms with Crippen molar-refractivity contribution in [3.05, 3.63) is 70.8 Å². The standard InChI is InChI=1S/C20H16N2/c21-14-6-5-13-20(15-22)18-9-3-1-7-16(18)11-12-17-8-2-4-10-19(17)20/h1-4,7-12H,5-6,13H2. The molecule has 0 atom stereocenters. The number of nitrogens with zero attached hydrogens (tertiary/aromatic N) is 2. The van der Waals surface area contributed by atoms with Crippen molar-refractivity contribution >= 4 is 12.2 Å². The van der Waals surface area contributed by atoms with Crippen LogP contribution in [0.4, 0.5) is 0 Å². The first-order chi connectivity index (χ1) is 10.8. The van der Waals surface area contributed by atoms with Gasteiger partial charge in [-0.3, -0.25) is 0 Å². The molecule has 0 unspecified atom stereocenters. The van der Waals surface area contributed by atoms with Crippen LogP contribution >= 0.6 is 0 Å². The van der Waals surface area contributed by atoms with Crippen molar-refractivity contribution in [1.29, 1.82) is 10.5 Å². The van der Waals surface area contributed by atoms with Crippen LogP contribution in [0, 0.1) is 22.7 Å². The van der Waals surface area contributed by atoms with Gasteiger partial charge in [0.15, 0.2) is 0 Å². The summed E-state index contributed by atoms with van der Waals surface area (Å²) in [4.78, 5) is 0. The summed E-state index contributed by atoms with van der Waals surface area (Å²) in [6.07, 6.45) is 6.01. The van der Waals surface area contributed by atoms with Gasteiger partial charge in [-0.1, -0.05) is 60.7 Å². The number of rotatable bonds is 3. The van der Waals surface area contributed by atoms with Crippen LogP contribution in [0.2, 0.25) is 0 Å². The highest BCUT2D eigenvalue weighted by Crippen LogP contribution is 2.42. The molecular weight excluding hydrogens is 268 g/mol. The number of nitriles is 2. The average molecular weight is 284 g/mol. The zero-order chi connectivity index (χ0) is 15.4. The lowest BCUT2D eigenvalue weighted by Gasteiger charge is -2.29. The highest BCUT2D eigenvalue weighted by atomic mass is 14.4. The van der Waals surface area contributed by atoms with E-state index in [1.165, 1.54) is 0 Å². The van der Waals surface area contributed by atoms with Crippen molar-refractivity contribution in [2.24, 2.45) is 0 Å². The van der Waals surface area contributed by atoms with Gasteiger partial charge in [0.05, 0.1) is 12.1 Å². The maximum Gasteiger partial charge on any atom is 0.108 e. The molecule has 0 amide bonds. The Labute approximate surface area is 130 Å². The van der Waals surface area contributed by atoms with Crippen LogP contribution in [0.5, 0.6) is 0 Å². The molecule has 0 aliphatic heterocycles. The van der Waals surface area contributed by atoms with Gasteiger partial charge in [0.1, 0.15) is 5.41 Å². The zero-order valence-corrected chi connectivity index (χ0v) is 12.3. The fourth-order valence-electron chi connectivity index (χ4n) is 3.26. The molecule has 2 heteroatoms. The number of fused-ring (bicyclic) bond motifs is 2. The Bertz CT molecular complexity index is 753. The predicted molar refractivity (Wildman–Crippen MR) is 87.7 cm³/mol. The van der Waals surface area contributed by atoms with E-state index in [0.29, 0.717) is 19.3 Å². The van der Waals surface area contributed by atoms with E-state index in [1.807, 2.05) is 48.5 Å². The first kappa shape index (κ1) is 14.1. The van der Waals surface area contributed by atoms with E-state index in [1.54, 1.807) is 0 Å².